The molecule has 46 heavy (non-hydrogen) atoms. The number of fused-ring (bicyclic) bond motifs is 2. The molecule has 4 aromatic rings. The maximum absolute atomic E-state index is 2.66. The predicted molar refractivity (Wildman–Crippen MR) is 209 cm³/mol. The molecule has 236 valence electrons. The molecule has 0 N–H and O–H groups in total. The van der Waals surface area contributed by atoms with E-state index in [9.17, 15) is 0 Å². The second-order valence-electron chi connectivity index (χ2n) is 15.7. The first-order valence-corrected chi connectivity index (χ1v) is 33.4. The summed E-state index contributed by atoms with van der Waals surface area (Å²) in [6.07, 6.45) is 7.57. The molecule has 0 bridgehead atoms. The zero-order chi connectivity index (χ0) is 33.0. The normalized spacial score (nSPS) is 17.3. The van der Waals surface area contributed by atoms with Gasteiger partial charge >= 0.3 is 291 Å². The number of allylic oxidation sites excluding steroid dienone is 2. The molecule has 4 heteroatoms. The van der Waals surface area contributed by atoms with Gasteiger partial charge in [-0.15, -0.1) is 0 Å². The Morgan fingerprint density at radius 1 is 0.543 bits per heavy atom. The molecule has 6 rings (SSSR count). The Balaban J connectivity index is 1.45. The van der Waals surface area contributed by atoms with Gasteiger partial charge < -0.3 is 0 Å². The molecular formula is C42H52Si3Zr. The van der Waals surface area contributed by atoms with Gasteiger partial charge in [0.25, 0.3) is 0 Å². The summed E-state index contributed by atoms with van der Waals surface area (Å²) in [5.41, 5.74) is 14.9. The van der Waals surface area contributed by atoms with E-state index in [-0.39, 0.29) is 0 Å². The molecule has 0 aliphatic heterocycles. The molecule has 0 saturated carbocycles. The van der Waals surface area contributed by atoms with Crippen LogP contribution in [0.15, 0.2) is 96.1 Å². The fourth-order valence-corrected chi connectivity index (χ4v) is 30.9. The van der Waals surface area contributed by atoms with Crippen LogP contribution in [-0.4, -0.2) is 21.6 Å². The Morgan fingerprint density at radius 3 is 1.22 bits per heavy atom. The molecule has 0 spiro atoms. The molecule has 2 atom stereocenters. The van der Waals surface area contributed by atoms with Gasteiger partial charge in [-0.05, 0) is 0 Å². The van der Waals surface area contributed by atoms with Crippen molar-refractivity contribution >= 4 is 44.1 Å². The number of hydrogen-bond acceptors (Lipinski definition) is 0. The Labute approximate surface area is 289 Å². The molecule has 0 aromatic heterocycles. The van der Waals surface area contributed by atoms with Gasteiger partial charge in [0.05, 0.1) is 0 Å². The molecule has 0 heterocycles. The Bertz CT molecular complexity index is 1740. The molecule has 2 aliphatic rings. The molecule has 4 aromatic carbocycles. The van der Waals surface area contributed by atoms with Crippen LogP contribution in [0.2, 0.25) is 52.4 Å². The van der Waals surface area contributed by atoms with Crippen LogP contribution in [0.4, 0.5) is 0 Å². The summed E-state index contributed by atoms with van der Waals surface area (Å²) >= 11 is -2.16. The molecule has 2 aliphatic carbocycles. The molecule has 2 unspecified atom stereocenters. The second kappa shape index (κ2) is 13.1. The van der Waals surface area contributed by atoms with Crippen molar-refractivity contribution < 1.29 is 20.4 Å². The molecule has 0 radical (unpaired) electrons. The summed E-state index contributed by atoms with van der Waals surface area (Å²) in [6.45, 7) is 24.8. The predicted octanol–water partition coefficient (Wildman–Crippen LogP) is 11.4. The zero-order valence-corrected chi connectivity index (χ0v) is 35.3. The zero-order valence-electron chi connectivity index (χ0n) is 29.8. The van der Waals surface area contributed by atoms with E-state index in [2.05, 4.69) is 163 Å². The topological polar surface area (TPSA) is 0 Å². The number of hydrogen-bond donors (Lipinski definition) is 0. The monoisotopic (exact) mass is 730 g/mol. The van der Waals surface area contributed by atoms with Crippen LogP contribution >= 0.6 is 0 Å². The van der Waals surface area contributed by atoms with E-state index in [0.29, 0.717) is 7.25 Å². The first-order chi connectivity index (χ1) is 21.8. The third-order valence-electron chi connectivity index (χ3n) is 10.4. The van der Waals surface area contributed by atoms with Crippen LogP contribution in [0.3, 0.4) is 0 Å². The van der Waals surface area contributed by atoms with E-state index in [0.717, 1.165) is 12.8 Å². The summed E-state index contributed by atoms with van der Waals surface area (Å²) < 4.78 is 1.33. The minimum absolute atomic E-state index is 0.480. The van der Waals surface area contributed by atoms with Crippen molar-refractivity contribution in [2.75, 3.05) is 0 Å². The third-order valence-corrected chi connectivity index (χ3v) is 34.1. The van der Waals surface area contributed by atoms with Crippen LogP contribution in [0.1, 0.15) is 56.2 Å². The fraction of sp³-hybridized carbons (Fsp3) is 0.333. The van der Waals surface area contributed by atoms with Gasteiger partial charge in [0.15, 0.2) is 0 Å². The van der Waals surface area contributed by atoms with Crippen LogP contribution in [-0.2, 0) is 20.4 Å². The quantitative estimate of drug-likeness (QED) is 0.158. The van der Waals surface area contributed by atoms with Gasteiger partial charge in [-0.2, -0.15) is 0 Å². The average molecular weight is 732 g/mol. The third kappa shape index (κ3) is 6.25. The summed E-state index contributed by atoms with van der Waals surface area (Å²) in [4.78, 5) is 0. The summed E-state index contributed by atoms with van der Waals surface area (Å²) in [5, 5.41) is 3.08. The molecule has 0 nitrogen and oxygen atoms in total. The van der Waals surface area contributed by atoms with Crippen LogP contribution in [0.5, 0.6) is 0 Å². The average Bonchev–Trinajstić information content (AvgIpc) is 3.59. The van der Waals surface area contributed by atoms with E-state index < -0.39 is 41.9 Å². The summed E-state index contributed by atoms with van der Waals surface area (Å²) in [5.74, 6) is 0. The summed E-state index contributed by atoms with van der Waals surface area (Å²) in [7, 11) is -2.66. The first kappa shape index (κ1) is 33.8. The standard InChI is InChI=1S/2C20H23Si.C2H6Si.Zr/c2*1-5-15-13-17-7-6-8-19(20(17)14-15)16-9-11-18(12-10-16)21(2,3)4;1-3-2;/h2*6-14H,5H2,1-4H3;1-2H3;. The van der Waals surface area contributed by atoms with Gasteiger partial charge in [-0.1, -0.05) is 0 Å². The molecule has 0 fully saturated rings. The Hall–Kier alpha value is -2.11. The van der Waals surface area contributed by atoms with Crippen molar-refractivity contribution in [2.45, 2.75) is 86.3 Å². The van der Waals surface area contributed by atoms with E-state index >= 15 is 0 Å². The van der Waals surface area contributed by atoms with Gasteiger partial charge in [0.1, 0.15) is 0 Å². The fourth-order valence-electron chi connectivity index (χ4n) is 7.82. The van der Waals surface area contributed by atoms with Crippen molar-refractivity contribution in [3.8, 4) is 22.3 Å². The first-order valence-electron chi connectivity index (χ1n) is 17.4. The van der Waals surface area contributed by atoms with Crippen molar-refractivity contribution in [3.63, 3.8) is 0 Å². The van der Waals surface area contributed by atoms with E-state index in [1.165, 1.54) is 43.8 Å². The number of benzene rings is 4. The summed E-state index contributed by atoms with van der Waals surface area (Å²) in [6, 6.07) is 33.7. The van der Waals surface area contributed by atoms with E-state index in [1.807, 2.05) is 0 Å². The Morgan fingerprint density at radius 2 is 0.913 bits per heavy atom. The molecular weight excluding hydrogens is 680 g/mol. The number of rotatable bonds is 8. The van der Waals surface area contributed by atoms with Crippen molar-refractivity contribution in [1.29, 1.82) is 0 Å². The van der Waals surface area contributed by atoms with Crippen LogP contribution in [0.25, 0.3) is 34.4 Å². The van der Waals surface area contributed by atoms with Crippen molar-refractivity contribution in [1.82, 2.24) is 0 Å². The SMILES string of the molecule is CCC1=Cc2c(-c3ccc([Si](C)(C)C)cc3)cccc2[CH]1[Zr]([CH]1C(CC)=Cc2c(-c3ccc([Si](C)(C)C)cc3)cccc21)=[Si](C)C. The van der Waals surface area contributed by atoms with E-state index in [4.69, 9.17) is 0 Å². The Kier molecular flexibility index (Phi) is 9.60. The van der Waals surface area contributed by atoms with Gasteiger partial charge in [-0.25, -0.2) is 0 Å². The van der Waals surface area contributed by atoms with Crippen molar-refractivity contribution in [2.24, 2.45) is 0 Å². The van der Waals surface area contributed by atoms with Crippen molar-refractivity contribution in [3.05, 3.63) is 118 Å². The maximum atomic E-state index is 2.66. The van der Waals surface area contributed by atoms with Crippen LogP contribution in [0, 0.1) is 0 Å². The molecule has 0 saturated heterocycles. The van der Waals surface area contributed by atoms with Gasteiger partial charge in [0, 0.05) is 0 Å². The second-order valence-corrected chi connectivity index (χ2v) is 43.8. The minimum atomic E-state index is -2.16. The van der Waals surface area contributed by atoms with Gasteiger partial charge in [-0.3, -0.25) is 0 Å². The van der Waals surface area contributed by atoms with E-state index in [1.54, 1.807) is 22.3 Å². The van der Waals surface area contributed by atoms with Crippen LogP contribution < -0.4 is 10.4 Å². The molecule has 0 amide bonds. The van der Waals surface area contributed by atoms with Gasteiger partial charge in [0.2, 0.25) is 0 Å².